The average Bonchev–Trinajstić information content (AvgIpc) is 2.22. The number of pyridine rings is 4. The SMILES string of the molecule is COCCn1c(Cc2cc(F)c(-c3cccc(OCc4cnc(Cl)cc4OC)n3)cc2F)nc2c(F)cc(C(=O)OC(=O)c3cc(F)c4nc(Cc5cc(F)c(-c6cccc(OCc7cnc(Cl)cc7OC)n6)cc5F)n(CCOC)c4c3)cc21. The monoisotopic (exact) mass is 1210 g/mol. The maximum absolute atomic E-state index is 16.0. The van der Waals surface area contributed by atoms with Crippen LogP contribution in [0.4, 0.5) is 26.3 Å². The number of methoxy groups -OCH3 is 4. The van der Waals surface area contributed by atoms with Gasteiger partial charge in [0.15, 0.2) is 11.6 Å². The zero-order valence-electron chi connectivity index (χ0n) is 45.3. The molecule has 0 unspecified atom stereocenters. The number of hydrogen-bond donors (Lipinski definition) is 0. The van der Waals surface area contributed by atoms with E-state index in [4.69, 9.17) is 56.4 Å². The van der Waals surface area contributed by atoms with Crippen molar-refractivity contribution in [1.82, 2.24) is 39.0 Å². The third kappa shape index (κ3) is 13.0. The lowest BCUT2D eigenvalue weighted by atomic mass is 10.0. The van der Waals surface area contributed by atoms with E-state index in [1.165, 1.54) is 98.5 Å². The van der Waals surface area contributed by atoms with Gasteiger partial charge in [0.2, 0.25) is 11.8 Å². The van der Waals surface area contributed by atoms with Crippen LogP contribution >= 0.6 is 23.2 Å². The Labute approximate surface area is 489 Å². The van der Waals surface area contributed by atoms with E-state index in [2.05, 4.69) is 29.9 Å². The highest BCUT2D eigenvalue weighted by molar-refractivity contribution is 6.29. The molecule has 0 aliphatic carbocycles. The second-order valence-electron chi connectivity index (χ2n) is 18.8. The number of fused-ring (bicyclic) bond motifs is 2. The van der Waals surface area contributed by atoms with Crippen molar-refractivity contribution >= 4 is 57.2 Å². The molecule has 0 aliphatic rings. The second-order valence-corrected chi connectivity index (χ2v) is 19.6. The lowest BCUT2D eigenvalue weighted by molar-refractivity contribution is 0.0397. The summed E-state index contributed by atoms with van der Waals surface area (Å²) in [6.45, 7) is 0.0361. The molecule has 10 rings (SSSR count). The van der Waals surface area contributed by atoms with Gasteiger partial charge in [-0.1, -0.05) is 35.3 Å². The molecule has 0 aliphatic heterocycles. The van der Waals surface area contributed by atoms with E-state index in [9.17, 15) is 9.59 Å². The first-order valence-electron chi connectivity index (χ1n) is 25.7. The largest absolute Gasteiger partial charge is 0.496 e. The number of halogens is 8. The molecular weight excluding hydrogens is 1160 g/mol. The Bertz CT molecular complexity index is 3940. The number of rotatable bonds is 22. The maximum Gasteiger partial charge on any atom is 0.346 e. The molecule has 0 spiro atoms. The highest BCUT2D eigenvalue weighted by atomic mass is 35.5. The van der Waals surface area contributed by atoms with Crippen molar-refractivity contribution in [3.05, 3.63) is 200 Å². The Balaban J connectivity index is 0.861. The van der Waals surface area contributed by atoms with Crippen LogP contribution in [0.5, 0.6) is 23.3 Å². The van der Waals surface area contributed by atoms with E-state index in [1.807, 2.05) is 0 Å². The van der Waals surface area contributed by atoms with Gasteiger partial charge in [-0.15, -0.1) is 0 Å². The minimum Gasteiger partial charge on any atom is -0.496 e. The van der Waals surface area contributed by atoms with Crippen molar-refractivity contribution in [2.75, 3.05) is 41.7 Å². The van der Waals surface area contributed by atoms with E-state index in [0.717, 1.165) is 36.4 Å². The predicted octanol–water partition coefficient (Wildman–Crippen LogP) is 12.1. The van der Waals surface area contributed by atoms with Crippen molar-refractivity contribution < 1.29 is 69.1 Å². The van der Waals surface area contributed by atoms with Crippen LogP contribution in [0.15, 0.2) is 109 Å². The number of hydrogen-bond acceptors (Lipinski definition) is 15. The molecule has 0 bridgehead atoms. The normalized spacial score (nSPS) is 11.4. The van der Waals surface area contributed by atoms with Gasteiger partial charge in [0.05, 0.1) is 61.0 Å². The molecule has 0 N–H and O–H groups in total. The first-order valence-corrected chi connectivity index (χ1v) is 26.4. The van der Waals surface area contributed by atoms with E-state index in [1.54, 1.807) is 12.1 Å². The molecule has 4 aromatic carbocycles. The third-order valence-corrected chi connectivity index (χ3v) is 13.9. The van der Waals surface area contributed by atoms with Crippen LogP contribution in [-0.2, 0) is 53.4 Å². The van der Waals surface area contributed by atoms with E-state index >= 15 is 26.3 Å². The van der Waals surface area contributed by atoms with Gasteiger partial charge in [-0.25, -0.2) is 65.8 Å². The van der Waals surface area contributed by atoms with Gasteiger partial charge in [-0.2, -0.15) is 0 Å². The Morgan fingerprint density at radius 1 is 0.494 bits per heavy atom. The zero-order chi connectivity index (χ0) is 60.1. The van der Waals surface area contributed by atoms with Crippen molar-refractivity contribution in [2.24, 2.45) is 0 Å². The van der Waals surface area contributed by atoms with Gasteiger partial charge in [-0.05, 0) is 71.8 Å². The highest BCUT2D eigenvalue weighted by Gasteiger charge is 2.26. The first-order chi connectivity index (χ1) is 41.0. The van der Waals surface area contributed by atoms with Gasteiger partial charge < -0.3 is 42.3 Å². The summed E-state index contributed by atoms with van der Waals surface area (Å²) in [5.74, 6) is -6.89. The smallest absolute Gasteiger partial charge is 0.346 e. The molecule has 17 nitrogen and oxygen atoms in total. The molecule has 0 atom stereocenters. The number of esters is 2. The molecule has 0 radical (unpaired) electrons. The van der Waals surface area contributed by atoms with Gasteiger partial charge in [0.1, 0.15) is 81.0 Å². The average molecular weight is 1210 g/mol. The lowest BCUT2D eigenvalue weighted by Gasteiger charge is -2.12. The number of benzene rings is 4. The van der Waals surface area contributed by atoms with E-state index < -0.39 is 58.0 Å². The Kier molecular flexibility index (Phi) is 17.9. The van der Waals surface area contributed by atoms with Crippen molar-refractivity contribution in [3.63, 3.8) is 0 Å². The molecule has 0 saturated carbocycles. The predicted molar refractivity (Wildman–Crippen MR) is 298 cm³/mol. The summed E-state index contributed by atoms with van der Waals surface area (Å²) in [7, 11) is 5.74. The summed E-state index contributed by atoms with van der Waals surface area (Å²) in [6.07, 6.45) is 2.24. The topological polar surface area (TPSA) is 186 Å². The number of carbonyl (C=O) groups excluding carboxylic acids is 2. The van der Waals surface area contributed by atoms with Crippen LogP contribution < -0.4 is 18.9 Å². The summed E-state index contributed by atoms with van der Waals surface area (Å²) < 4.78 is 137. The molecule has 85 heavy (non-hydrogen) atoms. The Morgan fingerprint density at radius 3 is 1.32 bits per heavy atom. The summed E-state index contributed by atoms with van der Waals surface area (Å²) in [6, 6.07) is 20.0. The van der Waals surface area contributed by atoms with Gasteiger partial charge in [0.25, 0.3) is 0 Å². The second kappa shape index (κ2) is 25.8. The number of imidazole rings is 2. The molecule has 0 fully saturated rings. The van der Waals surface area contributed by atoms with E-state index in [-0.39, 0.29) is 142 Å². The van der Waals surface area contributed by atoms with Gasteiger partial charge >= 0.3 is 11.9 Å². The molecular formula is C60H46Cl2F6N8O9. The Morgan fingerprint density at radius 2 is 0.918 bits per heavy atom. The van der Waals surface area contributed by atoms with Crippen LogP contribution in [-0.4, -0.2) is 92.6 Å². The summed E-state index contributed by atoms with van der Waals surface area (Å²) in [5, 5.41) is 0.436. The number of carbonyl (C=O) groups is 2. The maximum atomic E-state index is 16.0. The number of ether oxygens (including phenoxy) is 7. The van der Waals surface area contributed by atoms with Crippen molar-refractivity contribution in [1.29, 1.82) is 0 Å². The fourth-order valence-corrected chi connectivity index (χ4v) is 9.58. The molecule has 0 saturated heterocycles. The fourth-order valence-electron chi connectivity index (χ4n) is 9.28. The number of nitrogens with zero attached hydrogens (tertiary/aromatic N) is 8. The van der Waals surface area contributed by atoms with Crippen LogP contribution in [0, 0.1) is 34.9 Å². The fraction of sp³-hybridized carbons (Fsp3) is 0.200. The van der Waals surface area contributed by atoms with Crippen LogP contribution in [0.1, 0.15) is 54.6 Å². The minimum absolute atomic E-state index is 0.00510. The van der Waals surface area contributed by atoms with Crippen LogP contribution in [0.25, 0.3) is 44.6 Å². The molecule has 436 valence electrons. The molecule has 25 heteroatoms. The van der Waals surface area contributed by atoms with Crippen molar-refractivity contribution in [3.8, 4) is 45.8 Å². The van der Waals surface area contributed by atoms with E-state index in [0.29, 0.717) is 22.6 Å². The summed E-state index contributed by atoms with van der Waals surface area (Å²) >= 11 is 11.9. The number of aromatic nitrogens is 8. The Hall–Kier alpha value is -9.16. The van der Waals surface area contributed by atoms with Crippen molar-refractivity contribution in [2.45, 2.75) is 39.1 Å². The zero-order valence-corrected chi connectivity index (χ0v) is 46.8. The summed E-state index contributed by atoms with van der Waals surface area (Å²) in [5.41, 5.74) is -0.777. The standard InChI is InChI=1S/C60H46Cl2F6N8O9/c1-79-13-11-75-47-19-33(17-43(67)57(47)73-53(75)21-31-15-41(65)37(23-39(31)63)45-7-5-9-55(71-45)83-29-35-27-69-51(61)25-49(35)81-3)59(77)85-60(78)34-18-44(68)58-48(20-34)76(12-14-80-2)54(74-58)22-32-16-42(66)38(24-40(32)64)46-8-6-10-56(72-46)84-30-36-28-70-52(62)26-50(36)82-4/h5-10,15-20,23-28H,11-14,21-22,29-30H2,1-4H3. The minimum atomic E-state index is -1.33. The quantitative estimate of drug-likeness (QED) is 0.0270. The molecule has 6 heterocycles. The van der Waals surface area contributed by atoms with Gasteiger partial charge in [-0.3, -0.25) is 0 Å². The lowest BCUT2D eigenvalue weighted by Crippen LogP contribution is -2.14. The van der Waals surface area contributed by atoms with Gasteiger partial charge in [0, 0.05) is 99.1 Å². The highest BCUT2D eigenvalue weighted by Crippen LogP contribution is 2.33. The van der Waals surface area contributed by atoms with Crippen LogP contribution in [0.2, 0.25) is 10.3 Å². The summed E-state index contributed by atoms with van der Waals surface area (Å²) in [4.78, 5) is 53.0. The molecule has 0 amide bonds. The molecule has 10 aromatic rings. The van der Waals surface area contributed by atoms with Crippen LogP contribution in [0.3, 0.4) is 0 Å². The first kappa shape index (κ1) is 59.0. The third-order valence-electron chi connectivity index (χ3n) is 13.4. The molecule has 6 aromatic heterocycles.